The van der Waals surface area contributed by atoms with Crippen molar-refractivity contribution in [3.8, 4) is 0 Å². The molecule has 0 aromatic carbocycles. The van der Waals surface area contributed by atoms with Gasteiger partial charge in [-0.05, 0) is 19.3 Å². The van der Waals surface area contributed by atoms with E-state index < -0.39 is 0 Å². The van der Waals surface area contributed by atoms with Crippen molar-refractivity contribution in [1.82, 2.24) is 0 Å². The second-order valence-electron chi connectivity index (χ2n) is 5.02. The molecule has 2 rings (SSSR count). The van der Waals surface area contributed by atoms with Crippen molar-refractivity contribution in [3.63, 3.8) is 0 Å². The summed E-state index contributed by atoms with van der Waals surface area (Å²) in [5.74, 6) is 0.00623. The first kappa shape index (κ1) is 11.4. The summed E-state index contributed by atoms with van der Waals surface area (Å²) in [7, 11) is 0. The van der Waals surface area contributed by atoms with Crippen LogP contribution in [0.15, 0.2) is 0 Å². The van der Waals surface area contributed by atoms with Crippen molar-refractivity contribution in [1.29, 1.82) is 0 Å². The second-order valence-corrected chi connectivity index (χ2v) is 5.02. The summed E-state index contributed by atoms with van der Waals surface area (Å²) >= 11 is 0. The topological polar surface area (TPSA) is 52.6 Å². The van der Waals surface area contributed by atoms with Crippen LogP contribution in [-0.2, 0) is 19.1 Å². The number of hydrogen-bond acceptors (Lipinski definition) is 4. The van der Waals surface area contributed by atoms with E-state index in [4.69, 9.17) is 9.47 Å². The van der Waals surface area contributed by atoms with Gasteiger partial charge in [-0.15, -0.1) is 0 Å². The Morgan fingerprint density at radius 2 is 2.19 bits per heavy atom. The predicted octanol–water partition coefficient (Wildman–Crippen LogP) is 1.53. The highest BCUT2D eigenvalue weighted by Gasteiger charge is 2.42. The minimum absolute atomic E-state index is 0.0225. The average molecular weight is 226 g/mol. The molecule has 1 saturated heterocycles. The van der Waals surface area contributed by atoms with E-state index in [1.165, 1.54) is 0 Å². The molecule has 0 aromatic heterocycles. The molecule has 3 atom stereocenters. The van der Waals surface area contributed by atoms with Gasteiger partial charge in [0.1, 0.15) is 6.10 Å². The number of hydrogen-bond donors (Lipinski definition) is 0. The maximum Gasteiger partial charge on any atom is 0.309 e. The first-order chi connectivity index (χ1) is 7.58. The first-order valence-corrected chi connectivity index (χ1v) is 5.95. The van der Waals surface area contributed by atoms with E-state index in [1.807, 2.05) is 13.8 Å². The molecular formula is C12H18O4. The fourth-order valence-corrected chi connectivity index (χ4v) is 2.42. The summed E-state index contributed by atoms with van der Waals surface area (Å²) in [5.41, 5.74) is 0. The number of esters is 2. The minimum Gasteiger partial charge on any atom is -0.465 e. The molecule has 1 saturated carbocycles. The Bertz CT molecular complexity index is 297. The van der Waals surface area contributed by atoms with E-state index in [2.05, 4.69) is 0 Å². The van der Waals surface area contributed by atoms with Crippen LogP contribution in [-0.4, -0.2) is 24.6 Å². The van der Waals surface area contributed by atoms with Crippen LogP contribution in [0.5, 0.6) is 0 Å². The molecule has 1 aliphatic heterocycles. The number of ether oxygens (including phenoxy) is 2. The molecule has 3 unspecified atom stereocenters. The molecule has 1 heterocycles. The molecule has 90 valence electrons. The van der Waals surface area contributed by atoms with Gasteiger partial charge in [0, 0.05) is 5.92 Å². The van der Waals surface area contributed by atoms with Crippen LogP contribution in [0.2, 0.25) is 0 Å². The SMILES string of the molecule is CC(C)C(=O)OC1CCC2C(=O)OCC2C1. The summed E-state index contributed by atoms with van der Waals surface area (Å²) in [6, 6.07) is 0. The largest absolute Gasteiger partial charge is 0.465 e. The number of rotatable bonds is 2. The molecule has 0 radical (unpaired) electrons. The lowest BCUT2D eigenvalue weighted by molar-refractivity contribution is -0.155. The van der Waals surface area contributed by atoms with Gasteiger partial charge in [-0.3, -0.25) is 9.59 Å². The lowest BCUT2D eigenvalue weighted by Gasteiger charge is -2.28. The Labute approximate surface area is 95.3 Å². The van der Waals surface area contributed by atoms with E-state index >= 15 is 0 Å². The van der Waals surface area contributed by atoms with E-state index in [0.717, 1.165) is 19.3 Å². The maximum absolute atomic E-state index is 11.4. The van der Waals surface area contributed by atoms with Gasteiger partial charge in [0.05, 0.1) is 18.4 Å². The van der Waals surface area contributed by atoms with E-state index in [0.29, 0.717) is 6.61 Å². The number of cyclic esters (lactones) is 1. The Hall–Kier alpha value is -1.06. The fourth-order valence-electron chi connectivity index (χ4n) is 2.42. The minimum atomic E-state index is -0.145. The number of carbonyl (C=O) groups is 2. The van der Waals surface area contributed by atoms with Gasteiger partial charge < -0.3 is 9.47 Å². The van der Waals surface area contributed by atoms with Crippen molar-refractivity contribution in [3.05, 3.63) is 0 Å². The molecule has 4 nitrogen and oxygen atoms in total. The van der Waals surface area contributed by atoms with Crippen molar-refractivity contribution < 1.29 is 19.1 Å². The highest BCUT2D eigenvalue weighted by atomic mass is 16.5. The summed E-state index contributed by atoms with van der Waals surface area (Å²) in [5, 5.41) is 0. The van der Waals surface area contributed by atoms with Crippen LogP contribution in [0, 0.1) is 17.8 Å². The fraction of sp³-hybridized carbons (Fsp3) is 0.833. The Balaban J connectivity index is 1.87. The van der Waals surface area contributed by atoms with Gasteiger partial charge >= 0.3 is 11.9 Å². The zero-order valence-electron chi connectivity index (χ0n) is 9.77. The third kappa shape index (κ3) is 2.20. The van der Waals surface area contributed by atoms with Gasteiger partial charge in [-0.1, -0.05) is 13.8 Å². The second kappa shape index (κ2) is 4.44. The lowest BCUT2D eigenvalue weighted by Crippen LogP contribution is -2.32. The molecule has 0 spiro atoms. The molecule has 2 aliphatic rings. The van der Waals surface area contributed by atoms with E-state index in [9.17, 15) is 9.59 Å². The van der Waals surface area contributed by atoms with Crippen LogP contribution in [0.3, 0.4) is 0 Å². The normalized spacial score (nSPS) is 33.4. The average Bonchev–Trinajstić information content (AvgIpc) is 2.60. The summed E-state index contributed by atoms with van der Waals surface area (Å²) in [6.07, 6.45) is 2.33. The molecule has 4 heteroatoms. The smallest absolute Gasteiger partial charge is 0.309 e. The van der Waals surface area contributed by atoms with Crippen molar-refractivity contribution in [2.75, 3.05) is 6.61 Å². The standard InChI is InChI=1S/C12H18O4/c1-7(2)11(13)16-9-3-4-10-8(5-9)6-15-12(10)14/h7-10H,3-6H2,1-2H3. The van der Waals surface area contributed by atoms with Crippen molar-refractivity contribution >= 4 is 11.9 Å². The number of carbonyl (C=O) groups excluding carboxylic acids is 2. The van der Waals surface area contributed by atoms with Crippen LogP contribution in [0.25, 0.3) is 0 Å². The predicted molar refractivity (Wildman–Crippen MR) is 56.5 cm³/mol. The molecule has 0 N–H and O–H groups in total. The zero-order valence-corrected chi connectivity index (χ0v) is 9.77. The van der Waals surface area contributed by atoms with Gasteiger partial charge in [-0.25, -0.2) is 0 Å². The van der Waals surface area contributed by atoms with Gasteiger partial charge in [0.2, 0.25) is 0 Å². The summed E-state index contributed by atoms with van der Waals surface area (Å²) in [6.45, 7) is 4.16. The van der Waals surface area contributed by atoms with Crippen molar-refractivity contribution in [2.45, 2.75) is 39.2 Å². The van der Waals surface area contributed by atoms with Crippen LogP contribution >= 0.6 is 0 Å². The summed E-state index contributed by atoms with van der Waals surface area (Å²) < 4.78 is 10.4. The molecule has 2 fully saturated rings. The van der Waals surface area contributed by atoms with Crippen LogP contribution in [0.4, 0.5) is 0 Å². The molecule has 16 heavy (non-hydrogen) atoms. The van der Waals surface area contributed by atoms with Gasteiger partial charge in [0.25, 0.3) is 0 Å². The van der Waals surface area contributed by atoms with Crippen LogP contribution < -0.4 is 0 Å². The molecule has 0 bridgehead atoms. The third-order valence-corrected chi connectivity index (χ3v) is 3.43. The highest BCUT2D eigenvalue weighted by molar-refractivity contribution is 5.75. The Kier molecular flexibility index (Phi) is 3.17. The molecule has 1 aliphatic carbocycles. The molecular weight excluding hydrogens is 208 g/mol. The van der Waals surface area contributed by atoms with E-state index in [-0.39, 0.29) is 35.8 Å². The Morgan fingerprint density at radius 3 is 2.88 bits per heavy atom. The molecule has 0 amide bonds. The Morgan fingerprint density at radius 1 is 1.44 bits per heavy atom. The van der Waals surface area contributed by atoms with Crippen LogP contribution in [0.1, 0.15) is 33.1 Å². The number of fused-ring (bicyclic) bond motifs is 1. The lowest BCUT2D eigenvalue weighted by atomic mass is 9.80. The first-order valence-electron chi connectivity index (χ1n) is 5.95. The van der Waals surface area contributed by atoms with Gasteiger partial charge in [0.15, 0.2) is 0 Å². The monoisotopic (exact) mass is 226 g/mol. The quantitative estimate of drug-likeness (QED) is 0.670. The third-order valence-electron chi connectivity index (χ3n) is 3.43. The summed E-state index contributed by atoms with van der Waals surface area (Å²) in [4.78, 5) is 22.8. The van der Waals surface area contributed by atoms with Gasteiger partial charge in [-0.2, -0.15) is 0 Å². The maximum atomic E-state index is 11.4. The zero-order chi connectivity index (χ0) is 11.7. The van der Waals surface area contributed by atoms with E-state index in [1.54, 1.807) is 0 Å². The van der Waals surface area contributed by atoms with Crippen molar-refractivity contribution in [2.24, 2.45) is 17.8 Å². The highest BCUT2D eigenvalue weighted by Crippen LogP contribution is 2.37. The molecule has 0 aromatic rings.